The van der Waals surface area contributed by atoms with Gasteiger partial charge in [-0.1, -0.05) is 18.6 Å². The van der Waals surface area contributed by atoms with Crippen molar-refractivity contribution < 1.29 is 9.53 Å². The molecule has 0 N–H and O–H groups in total. The molecule has 0 aromatic carbocycles. The second-order valence-electron chi connectivity index (χ2n) is 9.37. The van der Waals surface area contributed by atoms with Gasteiger partial charge >= 0.3 is 6.09 Å². The van der Waals surface area contributed by atoms with E-state index in [2.05, 4.69) is 13.0 Å². The van der Waals surface area contributed by atoms with Crippen molar-refractivity contribution >= 4 is 6.09 Å². The lowest BCUT2D eigenvalue weighted by Gasteiger charge is -2.44. The molecule has 2 aliphatic carbocycles. The topological polar surface area (TPSA) is 29.5 Å². The lowest BCUT2D eigenvalue weighted by atomic mass is 9.60. The zero-order valence-electron chi connectivity index (χ0n) is 16.1. The van der Waals surface area contributed by atoms with Crippen LogP contribution in [0.25, 0.3) is 0 Å². The maximum absolute atomic E-state index is 12.5. The molecule has 3 nitrogen and oxygen atoms in total. The highest BCUT2D eigenvalue weighted by atomic mass is 16.6. The molecule has 1 amide bonds. The normalized spacial score (nSPS) is 34.3. The number of hydrogen-bond acceptors (Lipinski definition) is 2. The summed E-state index contributed by atoms with van der Waals surface area (Å²) < 4.78 is 5.60. The summed E-state index contributed by atoms with van der Waals surface area (Å²) in [5.74, 6) is 1.75. The molecule has 1 heterocycles. The molecule has 3 aliphatic rings. The minimum atomic E-state index is -0.405. The van der Waals surface area contributed by atoms with Gasteiger partial charge in [-0.05, 0) is 89.4 Å². The molecule has 1 unspecified atom stereocenters. The number of nitrogens with zero attached hydrogens (tertiary/aromatic N) is 1. The zero-order chi connectivity index (χ0) is 17.4. The van der Waals surface area contributed by atoms with Crippen LogP contribution >= 0.6 is 0 Å². The van der Waals surface area contributed by atoms with Crippen molar-refractivity contribution in [3.05, 3.63) is 11.6 Å². The van der Waals surface area contributed by atoms with Crippen LogP contribution in [0.2, 0.25) is 0 Å². The Morgan fingerprint density at radius 2 is 2.00 bits per heavy atom. The van der Waals surface area contributed by atoms with Crippen LogP contribution in [0.4, 0.5) is 4.79 Å². The minimum absolute atomic E-state index is 0.130. The molecule has 1 saturated heterocycles. The Kier molecular flexibility index (Phi) is 4.99. The van der Waals surface area contributed by atoms with Crippen molar-refractivity contribution in [2.24, 2.45) is 17.3 Å². The fraction of sp³-hybridized carbons (Fsp3) is 0.857. The molecular formula is C21H35NO2. The molecule has 0 aromatic heterocycles. The first kappa shape index (κ1) is 17.8. The Morgan fingerprint density at radius 1 is 1.25 bits per heavy atom. The van der Waals surface area contributed by atoms with Gasteiger partial charge in [0, 0.05) is 13.1 Å². The number of carbonyl (C=O) groups excluding carboxylic acids is 1. The van der Waals surface area contributed by atoms with Gasteiger partial charge in [0.15, 0.2) is 0 Å². The van der Waals surface area contributed by atoms with Crippen LogP contribution in [0, 0.1) is 17.3 Å². The van der Waals surface area contributed by atoms with E-state index < -0.39 is 5.60 Å². The molecule has 2 fully saturated rings. The van der Waals surface area contributed by atoms with Crippen LogP contribution in [0.1, 0.15) is 79.1 Å². The summed E-state index contributed by atoms with van der Waals surface area (Å²) in [6.45, 7) is 9.95. The molecule has 1 aliphatic heterocycles. The smallest absolute Gasteiger partial charge is 0.410 e. The monoisotopic (exact) mass is 333 g/mol. The SMILES string of the molecule is C[C@H]1CCC23CCCN(C(=O)OC(C)(C)C)CCCC2=CC[C@@H]3C1. The van der Waals surface area contributed by atoms with Gasteiger partial charge in [-0.2, -0.15) is 0 Å². The Balaban J connectivity index is 1.68. The third-order valence-electron chi connectivity index (χ3n) is 6.42. The highest BCUT2D eigenvalue weighted by Crippen LogP contribution is 2.57. The molecule has 3 heteroatoms. The molecule has 3 rings (SSSR count). The Morgan fingerprint density at radius 3 is 2.75 bits per heavy atom. The van der Waals surface area contributed by atoms with Gasteiger partial charge in [-0.3, -0.25) is 0 Å². The van der Waals surface area contributed by atoms with Crippen molar-refractivity contribution in [2.75, 3.05) is 13.1 Å². The molecule has 0 aromatic rings. The fourth-order valence-electron chi connectivity index (χ4n) is 5.28. The summed E-state index contributed by atoms with van der Waals surface area (Å²) in [7, 11) is 0. The van der Waals surface area contributed by atoms with Crippen LogP contribution in [-0.2, 0) is 4.74 Å². The highest BCUT2D eigenvalue weighted by molar-refractivity contribution is 5.68. The van der Waals surface area contributed by atoms with Crippen LogP contribution < -0.4 is 0 Å². The fourth-order valence-corrected chi connectivity index (χ4v) is 5.28. The summed E-state index contributed by atoms with van der Waals surface area (Å²) in [6, 6.07) is 0. The number of carbonyl (C=O) groups is 1. The largest absolute Gasteiger partial charge is 0.444 e. The van der Waals surface area contributed by atoms with E-state index in [1.807, 2.05) is 25.7 Å². The Labute approximate surface area is 147 Å². The molecule has 1 saturated carbocycles. The number of amides is 1. The maximum Gasteiger partial charge on any atom is 0.410 e. The third kappa shape index (κ3) is 3.65. The van der Waals surface area contributed by atoms with Crippen molar-refractivity contribution in [1.82, 2.24) is 4.90 Å². The van der Waals surface area contributed by atoms with E-state index in [0.717, 1.165) is 37.8 Å². The molecule has 0 bridgehead atoms. The van der Waals surface area contributed by atoms with E-state index in [4.69, 9.17) is 4.74 Å². The second kappa shape index (κ2) is 6.72. The van der Waals surface area contributed by atoms with Gasteiger partial charge in [0.2, 0.25) is 0 Å². The predicted molar refractivity (Wildman–Crippen MR) is 97.9 cm³/mol. The zero-order valence-corrected chi connectivity index (χ0v) is 16.1. The first-order valence-electron chi connectivity index (χ1n) is 9.98. The number of ether oxygens (including phenoxy) is 1. The van der Waals surface area contributed by atoms with E-state index in [9.17, 15) is 4.79 Å². The summed E-state index contributed by atoms with van der Waals surface area (Å²) in [5, 5.41) is 0. The molecule has 0 radical (unpaired) electrons. The standard InChI is InChI=1S/C21H35NO2/c1-16-10-12-21-11-6-14-22(19(23)24-20(2,3)4)13-5-7-17(21)8-9-18(21)15-16/h8,16,18H,5-7,9-15H2,1-4H3/t16-,18+,21?/m0/s1. The quantitative estimate of drug-likeness (QED) is 0.544. The van der Waals surface area contributed by atoms with Crippen molar-refractivity contribution in [1.29, 1.82) is 0 Å². The average Bonchev–Trinajstić information content (AvgIpc) is 2.84. The van der Waals surface area contributed by atoms with Gasteiger partial charge < -0.3 is 9.64 Å². The van der Waals surface area contributed by atoms with Crippen LogP contribution in [0.5, 0.6) is 0 Å². The van der Waals surface area contributed by atoms with Gasteiger partial charge in [0.1, 0.15) is 5.60 Å². The van der Waals surface area contributed by atoms with Gasteiger partial charge in [0.05, 0.1) is 0 Å². The van der Waals surface area contributed by atoms with E-state index in [1.54, 1.807) is 5.57 Å². The summed E-state index contributed by atoms with van der Waals surface area (Å²) in [4.78, 5) is 14.4. The number of rotatable bonds is 0. The van der Waals surface area contributed by atoms with Crippen molar-refractivity contribution in [3.8, 4) is 0 Å². The van der Waals surface area contributed by atoms with Gasteiger partial charge in [-0.25, -0.2) is 4.79 Å². The van der Waals surface area contributed by atoms with Crippen molar-refractivity contribution in [3.63, 3.8) is 0 Å². The molecular weight excluding hydrogens is 298 g/mol. The molecule has 3 atom stereocenters. The van der Waals surface area contributed by atoms with Gasteiger partial charge in [0.25, 0.3) is 0 Å². The first-order valence-corrected chi connectivity index (χ1v) is 9.98. The average molecular weight is 334 g/mol. The maximum atomic E-state index is 12.5. The number of hydrogen-bond donors (Lipinski definition) is 0. The first-order chi connectivity index (χ1) is 11.3. The third-order valence-corrected chi connectivity index (χ3v) is 6.42. The lowest BCUT2D eigenvalue weighted by Crippen LogP contribution is -2.38. The lowest BCUT2D eigenvalue weighted by molar-refractivity contribution is 0.0240. The Bertz CT molecular complexity index is 504. The van der Waals surface area contributed by atoms with E-state index in [-0.39, 0.29) is 6.09 Å². The highest BCUT2D eigenvalue weighted by Gasteiger charge is 2.47. The van der Waals surface area contributed by atoms with E-state index in [0.29, 0.717) is 5.41 Å². The summed E-state index contributed by atoms with van der Waals surface area (Å²) in [6.07, 6.45) is 12.5. The molecule has 1 spiro atoms. The van der Waals surface area contributed by atoms with Crippen LogP contribution in [-0.4, -0.2) is 29.7 Å². The predicted octanol–water partition coefficient (Wildman–Crippen LogP) is 5.55. The van der Waals surface area contributed by atoms with Crippen LogP contribution in [0.15, 0.2) is 11.6 Å². The molecule has 136 valence electrons. The summed E-state index contributed by atoms with van der Waals surface area (Å²) >= 11 is 0. The van der Waals surface area contributed by atoms with Gasteiger partial charge in [-0.15, -0.1) is 0 Å². The van der Waals surface area contributed by atoms with E-state index in [1.165, 1.54) is 38.5 Å². The van der Waals surface area contributed by atoms with Crippen molar-refractivity contribution in [2.45, 2.75) is 84.7 Å². The number of allylic oxidation sites excluding steroid dienone is 2. The Hall–Kier alpha value is -0.990. The molecule has 24 heavy (non-hydrogen) atoms. The van der Waals surface area contributed by atoms with Crippen LogP contribution in [0.3, 0.4) is 0 Å². The second-order valence-corrected chi connectivity index (χ2v) is 9.37. The minimum Gasteiger partial charge on any atom is -0.444 e. The summed E-state index contributed by atoms with van der Waals surface area (Å²) in [5.41, 5.74) is 1.79. The van der Waals surface area contributed by atoms with E-state index >= 15 is 0 Å².